The topological polar surface area (TPSA) is 44.9 Å². The summed E-state index contributed by atoms with van der Waals surface area (Å²) < 4.78 is 1.88. The summed E-state index contributed by atoms with van der Waals surface area (Å²) in [6.07, 6.45) is 6.87. The maximum atomic E-state index is 8.79. The molecule has 4 nitrogen and oxygen atoms in total. The van der Waals surface area contributed by atoms with Crippen LogP contribution in [0.1, 0.15) is 58.6 Å². The minimum atomic E-state index is 0.150. The van der Waals surface area contributed by atoms with Crippen LogP contribution in [0.4, 0.5) is 0 Å². The smallest absolute Gasteiger partial charge is 0.0947 e. The van der Waals surface area contributed by atoms with Crippen molar-refractivity contribution in [3.63, 3.8) is 0 Å². The number of aryl methyl sites for hydroxylation is 1. The molecular weight excluding hydrogens is 352 g/mol. The lowest BCUT2D eigenvalue weighted by Gasteiger charge is -2.53. The first-order valence-electron chi connectivity index (χ1n) is 9.76. The molecule has 2 heterocycles. The maximum Gasteiger partial charge on any atom is 0.0947 e. The molecule has 0 bridgehead atoms. The molecule has 0 amide bonds. The summed E-state index contributed by atoms with van der Waals surface area (Å²) in [4.78, 5) is 2.50. The van der Waals surface area contributed by atoms with E-state index < -0.39 is 0 Å². The molecule has 0 spiro atoms. The Morgan fingerprint density at radius 1 is 1.22 bits per heavy atom. The molecule has 5 heteroatoms. The number of aromatic nitrogens is 2. The maximum absolute atomic E-state index is 8.79. The number of hydrogen-bond acceptors (Lipinski definition) is 4. The molecule has 1 aliphatic rings. The van der Waals surface area contributed by atoms with Gasteiger partial charge in [0.1, 0.15) is 0 Å². The second-order valence-corrected chi connectivity index (χ2v) is 10.1. The standard InChI is InChI=1S/C22H32N4S/c1-7-16-13-17(26-12-8-11-24-26)9-10-19(16)20(23)27-18-14-21(2,3)25(6)22(4,5)15-18/h8-13,18,23H,7,14-15H2,1-6H3. The SMILES string of the molecule is CCc1cc(-n2cccn2)ccc1C(=N)SC1CC(C)(C)N(C)C(C)(C)C1. The Kier molecular flexibility index (Phi) is 5.55. The highest BCUT2D eigenvalue weighted by molar-refractivity contribution is 8.14. The van der Waals surface area contributed by atoms with E-state index in [4.69, 9.17) is 5.41 Å². The van der Waals surface area contributed by atoms with E-state index in [1.165, 1.54) is 5.56 Å². The molecule has 1 aliphatic heterocycles. The highest BCUT2D eigenvalue weighted by Gasteiger charge is 2.43. The molecule has 2 aromatic rings. The van der Waals surface area contributed by atoms with Crippen molar-refractivity contribution in [3.05, 3.63) is 47.8 Å². The zero-order valence-electron chi connectivity index (χ0n) is 17.4. The van der Waals surface area contributed by atoms with Crippen LogP contribution in [0.25, 0.3) is 5.69 Å². The molecule has 1 saturated heterocycles. The molecule has 1 fully saturated rings. The van der Waals surface area contributed by atoms with Gasteiger partial charge >= 0.3 is 0 Å². The van der Waals surface area contributed by atoms with Gasteiger partial charge in [0.25, 0.3) is 0 Å². The third-order valence-corrected chi connectivity index (χ3v) is 7.16. The van der Waals surface area contributed by atoms with Gasteiger partial charge in [-0.05, 0) is 83.8 Å². The van der Waals surface area contributed by atoms with Crippen LogP contribution in [0.5, 0.6) is 0 Å². The highest BCUT2D eigenvalue weighted by Crippen LogP contribution is 2.42. The molecule has 146 valence electrons. The van der Waals surface area contributed by atoms with Gasteiger partial charge < -0.3 is 0 Å². The van der Waals surface area contributed by atoms with Crippen LogP contribution in [-0.2, 0) is 6.42 Å². The first kappa shape index (κ1) is 20.2. The monoisotopic (exact) mass is 384 g/mol. The molecule has 1 aromatic carbocycles. The van der Waals surface area contributed by atoms with Crippen molar-refractivity contribution in [1.29, 1.82) is 5.41 Å². The zero-order chi connectivity index (χ0) is 19.8. The van der Waals surface area contributed by atoms with E-state index in [9.17, 15) is 0 Å². The minimum Gasteiger partial charge on any atom is -0.296 e. The Balaban J connectivity index is 1.80. The second-order valence-electron chi connectivity index (χ2n) is 8.81. The number of hydrogen-bond donors (Lipinski definition) is 1. The van der Waals surface area contributed by atoms with E-state index in [2.05, 4.69) is 69.9 Å². The number of piperidine rings is 1. The Bertz CT molecular complexity index is 790. The fourth-order valence-corrected chi connectivity index (χ4v) is 5.89. The largest absolute Gasteiger partial charge is 0.296 e. The predicted octanol–water partition coefficient (Wildman–Crippen LogP) is 5.14. The van der Waals surface area contributed by atoms with Crippen molar-refractivity contribution in [2.24, 2.45) is 0 Å². The summed E-state index contributed by atoms with van der Waals surface area (Å²) >= 11 is 1.75. The van der Waals surface area contributed by atoms with Crippen molar-refractivity contribution in [3.8, 4) is 5.69 Å². The number of nitrogens with one attached hydrogen (secondary N) is 1. The molecule has 0 unspecified atom stereocenters. The Labute approximate surface area is 167 Å². The Hall–Kier alpha value is -1.59. The summed E-state index contributed by atoms with van der Waals surface area (Å²) in [5, 5.41) is 14.3. The van der Waals surface area contributed by atoms with Gasteiger partial charge in [-0.15, -0.1) is 11.8 Å². The van der Waals surface area contributed by atoms with Crippen LogP contribution < -0.4 is 0 Å². The van der Waals surface area contributed by atoms with Gasteiger partial charge in [-0.25, -0.2) is 4.68 Å². The van der Waals surface area contributed by atoms with Crippen molar-refractivity contribution >= 4 is 16.8 Å². The first-order chi connectivity index (χ1) is 12.6. The third kappa shape index (κ3) is 4.14. The molecule has 3 rings (SSSR count). The minimum absolute atomic E-state index is 0.150. The normalized spacial score (nSPS) is 19.9. The van der Waals surface area contributed by atoms with Gasteiger partial charge in [0.05, 0.1) is 10.7 Å². The van der Waals surface area contributed by atoms with E-state index in [-0.39, 0.29) is 11.1 Å². The number of thioether (sulfide) groups is 1. The number of benzene rings is 1. The number of nitrogens with zero attached hydrogens (tertiary/aromatic N) is 3. The fourth-order valence-electron chi connectivity index (χ4n) is 4.25. The van der Waals surface area contributed by atoms with Crippen LogP contribution in [0.2, 0.25) is 0 Å². The van der Waals surface area contributed by atoms with Crippen molar-refractivity contribution in [2.45, 2.75) is 70.2 Å². The van der Waals surface area contributed by atoms with Crippen LogP contribution in [0.15, 0.2) is 36.7 Å². The van der Waals surface area contributed by atoms with Gasteiger partial charge in [0, 0.05) is 34.3 Å². The van der Waals surface area contributed by atoms with E-state index in [1.54, 1.807) is 18.0 Å². The van der Waals surface area contributed by atoms with Crippen LogP contribution in [0.3, 0.4) is 0 Å². The van der Waals surface area contributed by atoms with Crippen molar-refractivity contribution in [1.82, 2.24) is 14.7 Å². The van der Waals surface area contributed by atoms with Gasteiger partial charge in [-0.1, -0.05) is 6.92 Å². The summed E-state index contributed by atoms with van der Waals surface area (Å²) in [5.41, 5.74) is 3.63. The molecular formula is C22H32N4S. The van der Waals surface area contributed by atoms with Gasteiger partial charge in [0.15, 0.2) is 0 Å². The summed E-state index contributed by atoms with van der Waals surface area (Å²) in [6, 6.07) is 8.26. The quantitative estimate of drug-likeness (QED) is 0.586. The number of likely N-dealkylation sites (tertiary alicyclic amines) is 1. The van der Waals surface area contributed by atoms with Crippen LogP contribution in [0, 0.1) is 5.41 Å². The molecule has 0 aliphatic carbocycles. The number of rotatable bonds is 4. The molecule has 27 heavy (non-hydrogen) atoms. The lowest BCUT2D eigenvalue weighted by atomic mass is 9.80. The first-order valence-corrected chi connectivity index (χ1v) is 10.6. The van der Waals surface area contributed by atoms with E-state index in [0.29, 0.717) is 10.3 Å². The van der Waals surface area contributed by atoms with Gasteiger partial charge in [-0.2, -0.15) is 5.10 Å². The predicted molar refractivity (Wildman–Crippen MR) is 116 cm³/mol. The van der Waals surface area contributed by atoms with E-state index in [0.717, 1.165) is 30.5 Å². The van der Waals surface area contributed by atoms with Crippen LogP contribution >= 0.6 is 11.8 Å². The summed E-state index contributed by atoms with van der Waals surface area (Å²) in [5.74, 6) is 0. The van der Waals surface area contributed by atoms with Gasteiger partial charge in [-0.3, -0.25) is 10.3 Å². The van der Waals surface area contributed by atoms with Crippen molar-refractivity contribution < 1.29 is 0 Å². The molecule has 0 atom stereocenters. The summed E-state index contributed by atoms with van der Waals surface area (Å²) in [7, 11) is 2.23. The second kappa shape index (κ2) is 7.44. The van der Waals surface area contributed by atoms with Gasteiger partial charge in [0.2, 0.25) is 0 Å². The Morgan fingerprint density at radius 3 is 2.44 bits per heavy atom. The Morgan fingerprint density at radius 2 is 1.89 bits per heavy atom. The zero-order valence-corrected chi connectivity index (χ0v) is 18.2. The average molecular weight is 385 g/mol. The average Bonchev–Trinajstić information content (AvgIpc) is 3.13. The molecule has 0 saturated carbocycles. The third-order valence-electron chi connectivity index (χ3n) is 6.04. The van der Waals surface area contributed by atoms with Crippen LogP contribution in [-0.4, -0.2) is 43.1 Å². The summed E-state index contributed by atoms with van der Waals surface area (Å²) in [6.45, 7) is 11.4. The molecule has 1 aromatic heterocycles. The molecule has 1 N–H and O–H groups in total. The van der Waals surface area contributed by atoms with E-state index in [1.807, 2.05) is 16.9 Å². The molecule has 0 radical (unpaired) electrons. The highest BCUT2D eigenvalue weighted by atomic mass is 32.2. The van der Waals surface area contributed by atoms with Crippen molar-refractivity contribution in [2.75, 3.05) is 7.05 Å². The lowest BCUT2D eigenvalue weighted by molar-refractivity contribution is 0.00147. The fraction of sp³-hybridized carbons (Fsp3) is 0.545. The van der Waals surface area contributed by atoms with E-state index >= 15 is 0 Å². The lowest BCUT2D eigenvalue weighted by Crippen LogP contribution is -2.59.